The van der Waals surface area contributed by atoms with Crippen LogP contribution in [0.4, 0.5) is 0 Å². The Morgan fingerprint density at radius 3 is 2.33 bits per heavy atom. The number of thiazole rings is 1. The van der Waals surface area contributed by atoms with Crippen LogP contribution in [-0.2, 0) is 6.42 Å². The van der Waals surface area contributed by atoms with Crippen LogP contribution in [-0.4, -0.2) is 12.0 Å². The van der Waals surface area contributed by atoms with Crippen molar-refractivity contribution in [1.29, 1.82) is 0 Å². The number of benzene rings is 1. The third-order valence-electron chi connectivity index (χ3n) is 3.21. The molecular formula is C15H20N2S. The zero-order valence-electron chi connectivity index (χ0n) is 11.4. The first-order valence-electron chi connectivity index (χ1n) is 6.35. The average Bonchev–Trinajstić information content (AvgIpc) is 2.70. The van der Waals surface area contributed by atoms with Gasteiger partial charge in [0.2, 0.25) is 0 Å². The molecule has 1 unspecified atom stereocenters. The van der Waals surface area contributed by atoms with Gasteiger partial charge in [-0.15, -0.1) is 11.3 Å². The van der Waals surface area contributed by atoms with Crippen molar-refractivity contribution >= 4 is 11.3 Å². The van der Waals surface area contributed by atoms with Crippen LogP contribution in [0.3, 0.4) is 0 Å². The molecule has 0 saturated carbocycles. The van der Waals surface area contributed by atoms with Crippen LogP contribution < -0.4 is 5.32 Å². The smallest absolute Gasteiger partial charge is 0.0900 e. The molecule has 2 nitrogen and oxygen atoms in total. The van der Waals surface area contributed by atoms with Crippen LogP contribution in [0.1, 0.15) is 39.7 Å². The van der Waals surface area contributed by atoms with Crippen LogP contribution in [0.15, 0.2) is 24.3 Å². The van der Waals surface area contributed by atoms with E-state index in [1.165, 1.54) is 16.0 Å². The molecule has 0 saturated heterocycles. The van der Waals surface area contributed by atoms with E-state index >= 15 is 0 Å². The van der Waals surface area contributed by atoms with Crippen LogP contribution in [0.25, 0.3) is 0 Å². The minimum Gasteiger partial charge on any atom is -0.309 e. The number of rotatable bonds is 4. The van der Waals surface area contributed by atoms with Gasteiger partial charge in [-0.2, -0.15) is 0 Å². The summed E-state index contributed by atoms with van der Waals surface area (Å²) in [6.07, 6.45) is 1.09. The van der Waals surface area contributed by atoms with Crippen molar-refractivity contribution in [3.63, 3.8) is 0 Å². The summed E-state index contributed by atoms with van der Waals surface area (Å²) in [7, 11) is 2.01. The van der Waals surface area contributed by atoms with Gasteiger partial charge in [0.05, 0.1) is 16.7 Å². The summed E-state index contributed by atoms with van der Waals surface area (Å²) in [5.41, 5.74) is 3.82. The van der Waals surface area contributed by atoms with Gasteiger partial charge in [0.15, 0.2) is 0 Å². The van der Waals surface area contributed by atoms with Crippen molar-refractivity contribution < 1.29 is 0 Å². The van der Waals surface area contributed by atoms with Crippen LogP contribution in [0.2, 0.25) is 0 Å². The van der Waals surface area contributed by atoms with Gasteiger partial charge in [-0.25, -0.2) is 4.98 Å². The predicted octanol–water partition coefficient (Wildman–Crippen LogP) is 3.63. The van der Waals surface area contributed by atoms with Gasteiger partial charge < -0.3 is 5.32 Å². The highest BCUT2D eigenvalue weighted by Crippen LogP contribution is 2.29. The number of hydrogen-bond donors (Lipinski definition) is 1. The van der Waals surface area contributed by atoms with Gasteiger partial charge in [-0.3, -0.25) is 0 Å². The fourth-order valence-electron chi connectivity index (χ4n) is 2.21. The topological polar surface area (TPSA) is 24.9 Å². The molecular weight excluding hydrogens is 240 g/mol. The number of hydrogen-bond acceptors (Lipinski definition) is 3. The third-order valence-corrected chi connectivity index (χ3v) is 4.35. The Hall–Kier alpha value is -1.19. The fraction of sp³-hybridized carbons (Fsp3) is 0.400. The Balaban J connectivity index is 2.35. The van der Waals surface area contributed by atoms with E-state index in [2.05, 4.69) is 55.3 Å². The molecule has 0 bridgehead atoms. The van der Waals surface area contributed by atoms with E-state index in [0.29, 0.717) is 0 Å². The van der Waals surface area contributed by atoms with Crippen molar-refractivity contribution in [3.05, 3.63) is 51.0 Å². The molecule has 1 atom stereocenters. The molecule has 0 aliphatic carbocycles. The first-order chi connectivity index (χ1) is 8.65. The number of nitrogens with zero attached hydrogens (tertiary/aromatic N) is 1. The van der Waals surface area contributed by atoms with Gasteiger partial charge in [0.1, 0.15) is 0 Å². The normalized spacial score (nSPS) is 12.7. The zero-order chi connectivity index (χ0) is 13.1. The minimum absolute atomic E-state index is 0.252. The monoisotopic (exact) mass is 260 g/mol. The molecule has 2 rings (SSSR count). The lowest BCUT2D eigenvalue weighted by atomic mass is 10.0. The Labute approximate surface area is 113 Å². The molecule has 0 amide bonds. The fourth-order valence-corrected chi connectivity index (χ4v) is 3.28. The molecule has 0 aliphatic rings. The SMILES string of the molecule is CCc1ccc(C(NC)c2sc(C)nc2C)cc1. The summed E-state index contributed by atoms with van der Waals surface area (Å²) in [4.78, 5) is 5.84. The molecule has 0 spiro atoms. The summed E-state index contributed by atoms with van der Waals surface area (Å²) in [5, 5.41) is 4.53. The minimum atomic E-state index is 0.252. The lowest BCUT2D eigenvalue weighted by Crippen LogP contribution is -2.17. The largest absolute Gasteiger partial charge is 0.309 e. The van der Waals surface area contributed by atoms with E-state index in [9.17, 15) is 0 Å². The molecule has 1 N–H and O–H groups in total. The molecule has 1 heterocycles. The summed E-state index contributed by atoms with van der Waals surface area (Å²) in [6, 6.07) is 9.11. The van der Waals surface area contributed by atoms with Crippen molar-refractivity contribution in [2.24, 2.45) is 0 Å². The summed E-state index contributed by atoms with van der Waals surface area (Å²) < 4.78 is 0. The van der Waals surface area contributed by atoms with Gasteiger partial charge >= 0.3 is 0 Å². The zero-order valence-corrected chi connectivity index (χ0v) is 12.3. The lowest BCUT2D eigenvalue weighted by molar-refractivity contribution is 0.697. The van der Waals surface area contributed by atoms with E-state index in [-0.39, 0.29) is 6.04 Å². The standard InChI is InChI=1S/C15H20N2S/c1-5-12-6-8-13(9-7-12)14(16-4)15-10(2)17-11(3)18-15/h6-9,14,16H,5H2,1-4H3. The van der Waals surface area contributed by atoms with Crippen molar-refractivity contribution in [2.45, 2.75) is 33.2 Å². The summed E-state index contributed by atoms with van der Waals surface area (Å²) in [5.74, 6) is 0. The molecule has 18 heavy (non-hydrogen) atoms. The highest BCUT2D eigenvalue weighted by atomic mass is 32.1. The molecule has 0 aliphatic heterocycles. The van der Waals surface area contributed by atoms with Gasteiger partial charge in [0, 0.05) is 4.88 Å². The maximum Gasteiger partial charge on any atom is 0.0900 e. The molecule has 96 valence electrons. The van der Waals surface area contributed by atoms with Crippen LogP contribution in [0, 0.1) is 13.8 Å². The molecule has 2 aromatic rings. The second kappa shape index (κ2) is 5.63. The molecule has 0 radical (unpaired) electrons. The second-order valence-corrected chi connectivity index (χ2v) is 5.73. The van der Waals surface area contributed by atoms with Crippen molar-refractivity contribution in [2.75, 3.05) is 7.05 Å². The van der Waals surface area contributed by atoms with E-state index in [1.807, 2.05) is 7.05 Å². The van der Waals surface area contributed by atoms with E-state index in [0.717, 1.165) is 17.1 Å². The number of aromatic nitrogens is 1. The highest BCUT2D eigenvalue weighted by molar-refractivity contribution is 7.11. The first kappa shape index (κ1) is 13.2. The quantitative estimate of drug-likeness (QED) is 0.908. The van der Waals surface area contributed by atoms with Gasteiger partial charge in [0.25, 0.3) is 0 Å². The first-order valence-corrected chi connectivity index (χ1v) is 7.17. The molecule has 1 aromatic carbocycles. The molecule has 0 fully saturated rings. The lowest BCUT2D eigenvalue weighted by Gasteiger charge is -2.16. The molecule has 1 aromatic heterocycles. The highest BCUT2D eigenvalue weighted by Gasteiger charge is 2.17. The third kappa shape index (κ3) is 2.62. The average molecular weight is 260 g/mol. The second-order valence-electron chi connectivity index (χ2n) is 4.50. The maximum absolute atomic E-state index is 4.52. The van der Waals surface area contributed by atoms with E-state index in [4.69, 9.17) is 0 Å². The Bertz CT molecular complexity index is 514. The van der Waals surface area contributed by atoms with Gasteiger partial charge in [-0.1, -0.05) is 31.2 Å². The maximum atomic E-state index is 4.52. The van der Waals surface area contributed by atoms with Crippen LogP contribution >= 0.6 is 11.3 Å². The van der Waals surface area contributed by atoms with E-state index in [1.54, 1.807) is 11.3 Å². The van der Waals surface area contributed by atoms with Gasteiger partial charge in [-0.05, 0) is 38.4 Å². The summed E-state index contributed by atoms with van der Waals surface area (Å²) >= 11 is 1.78. The van der Waals surface area contributed by atoms with E-state index < -0.39 is 0 Å². The molecule has 3 heteroatoms. The van der Waals surface area contributed by atoms with Crippen molar-refractivity contribution in [3.8, 4) is 0 Å². The Morgan fingerprint density at radius 2 is 1.89 bits per heavy atom. The van der Waals surface area contributed by atoms with Crippen molar-refractivity contribution in [1.82, 2.24) is 10.3 Å². The Morgan fingerprint density at radius 1 is 1.22 bits per heavy atom. The predicted molar refractivity (Wildman–Crippen MR) is 78.3 cm³/mol. The Kier molecular flexibility index (Phi) is 4.15. The number of aryl methyl sites for hydroxylation is 3. The number of nitrogens with one attached hydrogen (secondary N) is 1. The summed E-state index contributed by atoms with van der Waals surface area (Å²) in [6.45, 7) is 6.33. The van der Waals surface area contributed by atoms with Crippen LogP contribution in [0.5, 0.6) is 0 Å².